The quantitative estimate of drug-likeness (QED) is 0.791. The highest BCUT2D eigenvalue weighted by Crippen LogP contribution is 2.18. The molecule has 7 nitrogen and oxygen atoms in total. The summed E-state index contributed by atoms with van der Waals surface area (Å²) < 4.78 is 5.08. The van der Waals surface area contributed by atoms with Crippen LogP contribution in [0.15, 0.2) is 30.3 Å². The Morgan fingerprint density at radius 1 is 1.21 bits per heavy atom. The van der Waals surface area contributed by atoms with Crippen molar-refractivity contribution in [2.24, 2.45) is 0 Å². The second-order valence-corrected chi connectivity index (χ2v) is 7.10. The number of nitrogens with zero attached hydrogens (tertiary/aromatic N) is 3. The Morgan fingerprint density at radius 3 is 2.68 bits per heavy atom. The topological polar surface area (TPSA) is 79.4 Å². The van der Waals surface area contributed by atoms with Gasteiger partial charge in [0, 0.05) is 37.4 Å². The van der Waals surface area contributed by atoms with Crippen molar-refractivity contribution in [1.29, 1.82) is 0 Å². The molecule has 1 aliphatic rings. The molecule has 0 atom stereocenters. The van der Waals surface area contributed by atoms with Crippen LogP contribution in [0.25, 0.3) is 0 Å². The van der Waals surface area contributed by atoms with Crippen LogP contribution in [0.5, 0.6) is 0 Å². The van der Waals surface area contributed by atoms with Gasteiger partial charge in [0.05, 0.1) is 6.61 Å². The maximum Gasteiger partial charge on any atom is 0.409 e. The van der Waals surface area contributed by atoms with Crippen molar-refractivity contribution < 1.29 is 9.53 Å². The number of aromatic nitrogens is 2. The highest BCUT2D eigenvalue weighted by molar-refractivity contribution is 5.67. The van der Waals surface area contributed by atoms with Gasteiger partial charge in [0.2, 0.25) is 5.95 Å². The van der Waals surface area contributed by atoms with E-state index in [1.165, 1.54) is 11.1 Å². The molecular weight excluding hydrogens is 354 g/mol. The number of benzene rings is 1. The molecule has 1 amide bonds. The van der Waals surface area contributed by atoms with E-state index < -0.39 is 0 Å². The van der Waals surface area contributed by atoms with E-state index in [2.05, 4.69) is 39.7 Å². The van der Waals surface area contributed by atoms with Gasteiger partial charge >= 0.3 is 6.09 Å². The molecule has 0 unspecified atom stereocenters. The summed E-state index contributed by atoms with van der Waals surface area (Å²) in [7, 11) is 0. The molecule has 0 bridgehead atoms. The number of carbonyl (C=O) groups excluding carboxylic acids is 1. The largest absolute Gasteiger partial charge is 0.450 e. The first-order valence-electron chi connectivity index (χ1n) is 9.87. The van der Waals surface area contributed by atoms with Crippen molar-refractivity contribution in [3.05, 3.63) is 47.2 Å². The molecule has 2 heterocycles. The van der Waals surface area contributed by atoms with Gasteiger partial charge in [-0.25, -0.2) is 9.78 Å². The number of hydrogen-bond donors (Lipinski definition) is 2. The first-order chi connectivity index (χ1) is 13.5. The van der Waals surface area contributed by atoms with Gasteiger partial charge in [-0.1, -0.05) is 24.3 Å². The number of piperidine rings is 1. The molecule has 2 N–H and O–H groups in total. The van der Waals surface area contributed by atoms with Gasteiger partial charge in [0.25, 0.3) is 0 Å². The normalized spacial score (nSPS) is 14.6. The highest BCUT2D eigenvalue weighted by Gasteiger charge is 2.23. The van der Waals surface area contributed by atoms with E-state index in [9.17, 15) is 4.79 Å². The molecule has 1 aromatic carbocycles. The van der Waals surface area contributed by atoms with Crippen LogP contribution in [-0.4, -0.2) is 46.7 Å². The molecule has 150 valence electrons. The lowest BCUT2D eigenvalue weighted by atomic mass is 10.1. The zero-order valence-corrected chi connectivity index (χ0v) is 16.9. The van der Waals surface area contributed by atoms with Crippen LogP contribution in [0.4, 0.5) is 16.6 Å². The fraction of sp³-hybridized carbons (Fsp3) is 0.476. The van der Waals surface area contributed by atoms with E-state index >= 15 is 0 Å². The number of amides is 1. The van der Waals surface area contributed by atoms with Gasteiger partial charge in [-0.05, 0) is 44.7 Å². The average Bonchev–Trinajstić information content (AvgIpc) is 2.68. The van der Waals surface area contributed by atoms with Crippen molar-refractivity contribution in [3.8, 4) is 0 Å². The zero-order valence-electron chi connectivity index (χ0n) is 16.9. The number of nitrogens with one attached hydrogen (secondary N) is 2. The number of hydrogen-bond acceptors (Lipinski definition) is 6. The minimum Gasteiger partial charge on any atom is -0.450 e. The van der Waals surface area contributed by atoms with Crippen molar-refractivity contribution in [3.63, 3.8) is 0 Å². The smallest absolute Gasteiger partial charge is 0.409 e. The van der Waals surface area contributed by atoms with Crippen molar-refractivity contribution in [2.75, 3.05) is 30.3 Å². The Morgan fingerprint density at radius 2 is 1.96 bits per heavy atom. The first-order valence-corrected chi connectivity index (χ1v) is 9.87. The maximum atomic E-state index is 11.8. The van der Waals surface area contributed by atoms with Crippen LogP contribution >= 0.6 is 0 Å². The monoisotopic (exact) mass is 383 g/mol. The predicted octanol–water partition coefficient (Wildman–Crippen LogP) is 3.74. The average molecular weight is 383 g/mol. The van der Waals surface area contributed by atoms with Gasteiger partial charge in [0.15, 0.2) is 0 Å². The van der Waals surface area contributed by atoms with Crippen LogP contribution in [0.1, 0.15) is 36.6 Å². The number of rotatable bonds is 6. The molecular formula is C21H29N5O2. The van der Waals surface area contributed by atoms with Crippen molar-refractivity contribution >= 4 is 17.9 Å². The summed E-state index contributed by atoms with van der Waals surface area (Å²) in [5.41, 5.74) is 3.39. The van der Waals surface area contributed by atoms with E-state index in [0.717, 1.165) is 24.4 Å². The summed E-state index contributed by atoms with van der Waals surface area (Å²) in [6.07, 6.45) is 1.52. The predicted molar refractivity (Wildman–Crippen MR) is 111 cm³/mol. The van der Waals surface area contributed by atoms with Gasteiger partial charge in [-0.15, -0.1) is 0 Å². The molecule has 28 heavy (non-hydrogen) atoms. The fourth-order valence-corrected chi connectivity index (χ4v) is 3.33. The summed E-state index contributed by atoms with van der Waals surface area (Å²) in [6.45, 7) is 8.38. The van der Waals surface area contributed by atoms with Crippen LogP contribution in [0.3, 0.4) is 0 Å². The summed E-state index contributed by atoms with van der Waals surface area (Å²) in [5.74, 6) is 1.43. The number of ether oxygens (including phenoxy) is 1. The van der Waals surface area contributed by atoms with Gasteiger partial charge in [-0.2, -0.15) is 4.98 Å². The summed E-state index contributed by atoms with van der Waals surface area (Å²) >= 11 is 0. The summed E-state index contributed by atoms with van der Waals surface area (Å²) in [4.78, 5) is 22.7. The lowest BCUT2D eigenvalue weighted by Crippen LogP contribution is -2.42. The Hall–Kier alpha value is -2.83. The minimum atomic E-state index is -0.221. The number of aryl methyl sites for hydroxylation is 2. The molecule has 1 saturated heterocycles. The van der Waals surface area contributed by atoms with E-state index in [4.69, 9.17) is 4.74 Å². The molecule has 1 aliphatic heterocycles. The molecule has 3 rings (SSSR count). The van der Waals surface area contributed by atoms with E-state index in [1.54, 1.807) is 4.90 Å². The van der Waals surface area contributed by atoms with Gasteiger partial charge in [0.1, 0.15) is 5.82 Å². The lowest BCUT2D eigenvalue weighted by Gasteiger charge is -2.31. The van der Waals surface area contributed by atoms with Crippen molar-refractivity contribution in [2.45, 2.75) is 46.2 Å². The summed E-state index contributed by atoms with van der Waals surface area (Å²) in [5, 5.41) is 6.82. The second-order valence-electron chi connectivity index (χ2n) is 7.10. The van der Waals surface area contributed by atoms with E-state index in [0.29, 0.717) is 32.2 Å². The minimum absolute atomic E-state index is 0.221. The number of anilines is 2. The first kappa shape index (κ1) is 19.9. The van der Waals surface area contributed by atoms with Crippen LogP contribution in [-0.2, 0) is 11.3 Å². The molecule has 7 heteroatoms. The van der Waals surface area contributed by atoms with E-state index in [-0.39, 0.29) is 12.1 Å². The fourth-order valence-electron chi connectivity index (χ4n) is 3.33. The Kier molecular flexibility index (Phi) is 6.68. The molecule has 0 saturated carbocycles. The molecule has 2 aromatic rings. The number of likely N-dealkylation sites (tertiary alicyclic amines) is 1. The third kappa shape index (κ3) is 5.34. The van der Waals surface area contributed by atoms with Gasteiger partial charge in [-0.3, -0.25) is 0 Å². The SMILES string of the molecule is CCOC(=O)N1CCC(Nc2cc(C)nc(NCc3ccccc3C)n2)CC1. The van der Waals surface area contributed by atoms with Gasteiger partial charge < -0.3 is 20.3 Å². The Balaban J connectivity index is 1.56. The third-order valence-corrected chi connectivity index (χ3v) is 4.93. The number of carbonyl (C=O) groups is 1. The zero-order chi connectivity index (χ0) is 19.9. The standard InChI is InChI=1S/C21H29N5O2/c1-4-28-21(27)26-11-9-18(10-12-26)24-19-13-16(3)23-20(25-19)22-14-17-8-6-5-7-15(17)2/h5-8,13,18H,4,9-12,14H2,1-3H3,(H2,22,23,24,25). The van der Waals surface area contributed by atoms with Crippen LogP contribution < -0.4 is 10.6 Å². The Labute approximate surface area is 166 Å². The maximum absolute atomic E-state index is 11.8. The lowest BCUT2D eigenvalue weighted by molar-refractivity contribution is 0.0983. The molecule has 1 fully saturated rings. The van der Waals surface area contributed by atoms with Crippen LogP contribution in [0, 0.1) is 13.8 Å². The third-order valence-electron chi connectivity index (χ3n) is 4.93. The van der Waals surface area contributed by atoms with E-state index in [1.807, 2.05) is 32.0 Å². The molecule has 0 radical (unpaired) electrons. The highest BCUT2D eigenvalue weighted by atomic mass is 16.6. The summed E-state index contributed by atoms with van der Waals surface area (Å²) in [6, 6.07) is 10.5. The molecule has 0 spiro atoms. The molecule has 0 aliphatic carbocycles. The molecule has 1 aromatic heterocycles. The van der Waals surface area contributed by atoms with Crippen LogP contribution in [0.2, 0.25) is 0 Å². The second kappa shape index (κ2) is 9.39. The Bertz CT molecular complexity index is 803. The van der Waals surface area contributed by atoms with Crippen molar-refractivity contribution in [1.82, 2.24) is 14.9 Å².